The monoisotopic (exact) mass is 325 g/mol. The Balaban J connectivity index is 2.25. The van der Waals surface area contributed by atoms with Gasteiger partial charge in [0.05, 0.1) is 12.7 Å². The molecule has 2 unspecified atom stereocenters. The fraction of sp³-hybridized carbons (Fsp3) is 0.450. The maximum atomic E-state index is 13.0. The van der Waals surface area contributed by atoms with Crippen LogP contribution in [0.15, 0.2) is 42.0 Å². The molecular formula is C20H23NO3. The molecule has 1 aliphatic rings. The number of carbonyl (C=O) groups excluding carboxylic acids is 2. The van der Waals surface area contributed by atoms with Crippen LogP contribution in [-0.4, -0.2) is 18.4 Å². The van der Waals surface area contributed by atoms with Gasteiger partial charge in [0.25, 0.3) is 0 Å². The van der Waals surface area contributed by atoms with E-state index in [0.29, 0.717) is 24.2 Å². The van der Waals surface area contributed by atoms with E-state index in [9.17, 15) is 14.9 Å². The van der Waals surface area contributed by atoms with Crippen molar-refractivity contribution in [2.75, 3.05) is 6.61 Å². The Morgan fingerprint density at radius 2 is 2.00 bits per heavy atom. The Morgan fingerprint density at radius 1 is 1.29 bits per heavy atom. The molecule has 0 N–H and O–H groups in total. The van der Waals surface area contributed by atoms with Crippen molar-refractivity contribution in [1.29, 1.82) is 5.26 Å². The summed E-state index contributed by atoms with van der Waals surface area (Å²) in [6.07, 6.45) is 4.27. The van der Waals surface area contributed by atoms with Crippen molar-refractivity contribution in [3.63, 3.8) is 0 Å². The van der Waals surface area contributed by atoms with Gasteiger partial charge in [-0.1, -0.05) is 56.7 Å². The lowest BCUT2D eigenvalue weighted by Crippen LogP contribution is -2.36. The van der Waals surface area contributed by atoms with Gasteiger partial charge in [0.1, 0.15) is 5.41 Å². The molecule has 1 aromatic rings. The number of ketones is 1. The van der Waals surface area contributed by atoms with E-state index in [0.717, 1.165) is 12.8 Å². The third-order valence-corrected chi connectivity index (χ3v) is 4.63. The molecule has 0 saturated heterocycles. The molecule has 0 amide bonds. The summed E-state index contributed by atoms with van der Waals surface area (Å²) in [4.78, 5) is 25.3. The highest BCUT2D eigenvalue weighted by Gasteiger charge is 2.51. The Hall–Kier alpha value is -2.41. The van der Waals surface area contributed by atoms with Gasteiger partial charge in [-0.2, -0.15) is 5.26 Å². The van der Waals surface area contributed by atoms with Crippen molar-refractivity contribution in [2.24, 2.45) is 11.3 Å². The Morgan fingerprint density at radius 3 is 2.58 bits per heavy atom. The van der Waals surface area contributed by atoms with E-state index in [1.165, 1.54) is 0 Å². The van der Waals surface area contributed by atoms with E-state index in [-0.39, 0.29) is 12.2 Å². The molecule has 4 heteroatoms. The molecule has 2 atom stereocenters. The van der Waals surface area contributed by atoms with Crippen LogP contribution in [0.2, 0.25) is 0 Å². The van der Waals surface area contributed by atoms with E-state index in [2.05, 4.69) is 6.07 Å². The zero-order valence-corrected chi connectivity index (χ0v) is 14.2. The fourth-order valence-electron chi connectivity index (χ4n) is 3.28. The third-order valence-electron chi connectivity index (χ3n) is 4.63. The molecule has 0 bridgehead atoms. The molecule has 0 heterocycles. The normalized spacial score (nSPS) is 22.5. The highest BCUT2D eigenvalue weighted by molar-refractivity contribution is 6.05. The number of rotatable bonds is 7. The van der Waals surface area contributed by atoms with E-state index in [1.807, 2.05) is 19.9 Å². The standard InChI is InChI=1S/C20H23NO3/c1-3-5-13-24-19(23)16-11-12-20(14-21,17(16)4-2)18(22)15-9-7-6-8-10-15/h6-11,17H,3-5,12-13H2,1-2H3. The zero-order chi connectivity index (χ0) is 17.6. The van der Waals surface area contributed by atoms with Gasteiger partial charge in [0.15, 0.2) is 5.78 Å². The van der Waals surface area contributed by atoms with Gasteiger partial charge in [0, 0.05) is 17.1 Å². The number of Topliss-reactive ketones (excluding diaryl/α,β-unsaturated/α-hetero) is 1. The Kier molecular flexibility index (Phi) is 5.92. The molecule has 1 aromatic carbocycles. The summed E-state index contributed by atoms with van der Waals surface area (Å²) in [6, 6.07) is 11.0. The van der Waals surface area contributed by atoms with Crippen molar-refractivity contribution in [2.45, 2.75) is 39.5 Å². The van der Waals surface area contributed by atoms with Crippen LogP contribution in [-0.2, 0) is 9.53 Å². The number of esters is 1. The molecule has 0 saturated carbocycles. The average Bonchev–Trinajstić information content (AvgIpc) is 3.01. The molecule has 0 aromatic heterocycles. The van der Waals surface area contributed by atoms with Crippen LogP contribution in [0.4, 0.5) is 0 Å². The number of unbranched alkanes of at least 4 members (excludes halogenated alkanes) is 1. The summed E-state index contributed by atoms with van der Waals surface area (Å²) in [5, 5.41) is 9.81. The summed E-state index contributed by atoms with van der Waals surface area (Å²) in [7, 11) is 0. The number of benzene rings is 1. The van der Waals surface area contributed by atoms with Gasteiger partial charge in [-0.25, -0.2) is 4.79 Å². The molecule has 0 aliphatic heterocycles. The molecule has 126 valence electrons. The second kappa shape index (κ2) is 7.92. The molecule has 4 nitrogen and oxygen atoms in total. The number of hydrogen-bond acceptors (Lipinski definition) is 4. The lowest BCUT2D eigenvalue weighted by atomic mass is 9.70. The van der Waals surface area contributed by atoms with Crippen LogP contribution in [0.5, 0.6) is 0 Å². The third kappa shape index (κ3) is 3.26. The largest absolute Gasteiger partial charge is 0.462 e. The van der Waals surface area contributed by atoms with E-state index in [4.69, 9.17) is 4.74 Å². The van der Waals surface area contributed by atoms with Crippen LogP contribution < -0.4 is 0 Å². The minimum atomic E-state index is -1.21. The van der Waals surface area contributed by atoms with Crippen molar-refractivity contribution in [3.8, 4) is 6.07 Å². The molecule has 0 fully saturated rings. The van der Waals surface area contributed by atoms with Crippen LogP contribution in [0.1, 0.15) is 49.9 Å². The lowest BCUT2D eigenvalue weighted by Gasteiger charge is -2.28. The van der Waals surface area contributed by atoms with Gasteiger partial charge in [-0.15, -0.1) is 0 Å². The van der Waals surface area contributed by atoms with E-state index >= 15 is 0 Å². The molecule has 1 aliphatic carbocycles. The SMILES string of the molecule is CCCCOC(=O)C1=CCC(C#N)(C(=O)c2ccccc2)C1CC. The molecule has 24 heavy (non-hydrogen) atoms. The van der Waals surface area contributed by atoms with Crippen molar-refractivity contribution < 1.29 is 14.3 Å². The first kappa shape index (κ1) is 17.9. The molecular weight excluding hydrogens is 302 g/mol. The number of allylic oxidation sites excluding steroid dienone is 1. The lowest BCUT2D eigenvalue weighted by molar-refractivity contribution is -0.139. The van der Waals surface area contributed by atoms with Crippen LogP contribution in [0.25, 0.3) is 0 Å². The minimum absolute atomic E-state index is 0.218. The minimum Gasteiger partial charge on any atom is -0.462 e. The highest BCUT2D eigenvalue weighted by Crippen LogP contribution is 2.47. The summed E-state index contributed by atoms with van der Waals surface area (Å²) in [5.74, 6) is -1.04. The predicted octanol–water partition coefficient (Wildman–Crippen LogP) is 4.08. The maximum absolute atomic E-state index is 13.0. The van der Waals surface area contributed by atoms with Crippen molar-refractivity contribution >= 4 is 11.8 Å². The average molecular weight is 325 g/mol. The van der Waals surface area contributed by atoms with Gasteiger partial charge >= 0.3 is 5.97 Å². The number of nitriles is 1. The van der Waals surface area contributed by atoms with Crippen LogP contribution in [0, 0.1) is 22.7 Å². The first-order valence-electron chi connectivity index (χ1n) is 8.49. The first-order valence-corrected chi connectivity index (χ1v) is 8.49. The molecule has 0 radical (unpaired) electrons. The molecule has 0 spiro atoms. The van der Waals surface area contributed by atoms with Crippen LogP contribution >= 0.6 is 0 Å². The topological polar surface area (TPSA) is 67.2 Å². The predicted molar refractivity (Wildman–Crippen MR) is 91.2 cm³/mol. The summed E-state index contributed by atoms with van der Waals surface area (Å²) >= 11 is 0. The van der Waals surface area contributed by atoms with Crippen LogP contribution in [0.3, 0.4) is 0 Å². The summed E-state index contributed by atoms with van der Waals surface area (Å²) in [6.45, 7) is 4.29. The van der Waals surface area contributed by atoms with E-state index in [1.54, 1.807) is 30.3 Å². The number of nitrogens with zero attached hydrogens (tertiary/aromatic N) is 1. The number of ether oxygens (including phenoxy) is 1. The Labute approximate surface area is 143 Å². The molecule has 2 rings (SSSR count). The highest BCUT2D eigenvalue weighted by atomic mass is 16.5. The first-order chi connectivity index (χ1) is 11.6. The van der Waals surface area contributed by atoms with Gasteiger partial charge in [0.2, 0.25) is 0 Å². The van der Waals surface area contributed by atoms with Gasteiger partial charge < -0.3 is 4.74 Å². The Bertz CT molecular complexity index is 672. The second-order valence-corrected chi connectivity index (χ2v) is 6.09. The summed E-state index contributed by atoms with van der Waals surface area (Å²) in [5.41, 5.74) is -0.235. The quantitative estimate of drug-likeness (QED) is 0.430. The zero-order valence-electron chi connectivity index (χ0n) is 14.2. The van der Waals surface area contributed by atoms with Crippen molar-refractivity contribution in [3.05, 3.63) is 47.5 Å². The smallest absolute Gasteiger partial charge is 0.334 e. The number of carbonyl (C=O) groups is 2. The fourth-order valence-corrected chi connectivity index (χ4v) is 3.28. The number of hydrogen-bond donors (Lipinski definition) is 0. The van der Waals surface area contributed by atoms with E-state index < -0.39 is 17.3 Å². The maximum Gasteiger partial charge on any atom is 0.334 e. The van der Waals surface area contributed by atoms with Crippen molar-refractivity contribution in [1.82, 2.24) is 0 Å². The van der Waals surface area contributed by atoms with Gasteiger partial charge in [-0.3, -0.25) is 4.79 Å². The van der Waals surface area contributed by atoms with Gasteiger partial charge in [-0.05, 0) is 19.3 Å². The summed E-state index contributed by atoms with van der Waals surface area (Å²) < 4.78 is 5.29. The second-order valence-electron chi connectivity index (χ2n) is 6.09.